The largest absolute Gasteiger partial charge is 0.512 e. The fourth-order valence-corrected chi connectivity index (χ4v) is 0.895. The molecule has 0 bridgehead atoms. The van der Waals surface area contributed by atoms with E-state index in [1.165, 1.54) is 0 Å². The van der Waals surface area contributed by atoms with Crippen LogP contribution in [-0.4, -0.2) is 22.2 Å². The molecule has 0 fully saturated rings. The van der Waals surface area contributed by atoms with Gasteiger partial charge in [-0.25, -0.2) is 0 Å². The Morgan fingerprint density at radius 3 is 2.78 bits per heavy atom. The van der Waals surface area contributed by atoms with Gasteiger partial charge in [0.2, 0.25) is 0 Å². The van der Waals surface area contributed by atoms with Gasteiger partial charge in [-0.15, -0.1) is 0 Å². The number of hydrogen-bond donors (Lipinski definition) is 2. The van der Waals surface area contributed by atoms with Gasteiger partial charge in [-0.3, -0.25) is 0 Å². The summed E-state index contributed by atoms with van der Waals surface area (Å²) in [7, 11) is 0. The zero-order valence-electron chi connectivity index (χ0n) is 5.50. The van der Waals surface area contributed by atoms with Crippen molar-refractivity contribution in [2.75, 3.05) is 12.0 Å². The molecule has 0 heterocycles. The zero-order valence-corrected chi connectivity index (χ0v) is 6.32. The highest BCUT2D eigenvalue weighted by Crippen LogP contribution is 2.03. The van der Waals surface area contributed by atoms with Gasteiger partial charge in [0.05, 0.1) is 0 Å². The normalized spacial score (nSPS) is 11.9. The number of aliphatic hydroxyl groups is 2. The molecule has 2 nitrogen and oxygen atoms in total. The van der Waals surface area contributed by atoms with E-state index in [9.17, 15) is 0 Å². The summed E-state index contributed by atoms with van der Waals surface area (Å²) < 4.78 is 0. The van der Waals surface area contributed by atoms with Crippen LogP contribution in [0.2, 0.25) is 0 Å². The predicted octanol–water partition coefficient (Wildman–Crippen LogP) is 2.09. The monoisotopic (exact) mass is 148 g/mol. The maximum atomic E-state index is 8.69. The van der Waals surface area contributed by atoms with Crippen molar-refractivity contribution in [3.05, 3.63) is 12.0 Å². The molecule has 3 heteroatoms. The molecule has 0 aromatic heterocycles. The topological polar surface area (TPSA) is 40.5 Å². The molecule has 0 aliphatic heterocycles. The lowest BCUT2D eigenvalue weighted by atomic mass is 10.3. The van der Waals surface area contributed by atoms with Gasteiger partial charge in [0.25, 0.3) is 0 Å². The average molecular weight is 148 g/mol. The first-order valence-electron chi connectivity index (χ1n) is 2.82. The second-order valence-electron chi connectivity index (χ2n) is 1.72. The maximum absolute atomic E-state index is 8.69. The lowest BCUT2D eigenvalue weighted by Crippen LogP contribution is -1.83. The lowest BCUT2D eigenvalue weighted by molar-refractivity contribution is 0.343. The molecule has 0 amide bonds. The minimum absolute atomic E-state index is 0.0732. The Hall–Kier alpha value is -0.310. The first-order valence-corrected chi connectivity index (χ1v) is 4.21. The van der Waals surface area contributed by atoms with Crippen LogP contribution < -0.4 is 0 Å². The Morgan fingerprint density at radius 2 is 2.33 bits per heavy atom. The molecule has 0 unspecified atom stereocenters. The van der Waals surface area contributed by atoms with Gasteiger partial charge in [-0.05, 0) is 18.4 Å². The predicted molar refractivity (Wildman–Crippen MR) is 41.0 cm³/mol. The smallest absolute Gasteiger partial charge is 0.126 e. The van der Waals surface area contributed by atoms with Crippen molar-refractivity contribution in [3.8, 4) is 0 Å². The Kier molecular flexibility index (Phi) is 5.62. The van der Waals surface area contributed by atoms with Gasteiger partial charge in [-0.2, -0.15) is 11.8 Å². The molecular weight excluding hydrogens is 136 g/mol. The molecule has 0 aliphatic carbocycles. The van der Waals surface area contributed by atoms with E-state index in [0.717, 1.165) is 18.4 Å². The van der Waals surface area contributed by atoms with E-state index >= 15 is 0 Å². The summed E-state index contributed by atoms with van der Waals surface area (Å²) in [6.45, 7) is 0. The molecule has 0 radical (unpaired) electrons. The number of aliphatic hydroxyl groups excluding tert-OH is 2. The standard InChI is InChI=1S/C6H12O2S/c1-9-4-2-3-6(8)5-7/h5,7-8H,2-4H2,1H3/b6-5-. The van der Waals surface area contributed by atoms with Crippen LogP contribution in [0.15, 0.2) is 12.0 Å². The minimum atomic E-state index is 0.0732. The van der Waals surface area contributed by atoms with Crippen LogP contribution in [0.25, 0.3) is 0 Å². The third-order valence-electron chi connectivity index (χ3n) is 0.930. The van der Waals surface area contributed by atoms with Crippen molar-refractivity contribution in [2.24, 2.45) is 0 Å². The van der Waals surface area contributed by atoms with Crippen molar-refractivity contribution in [1.29, 1.82) is 0 Å². The quantitative estimate of drug-likeness (QED) is 0.473. The summed E-state index contributed by atoms with van der Waals surface area (Å²) in [5, 5.41) is 16.9. The number of thioether (sulfide) groups is 1. The van der Waals surface area contributed by atoms with Crippen LogP contribution in [0.4, 0.5) is 0 Å². The van der Waals surface area contributed by atoms with E-state index in [1.807, 2.05) is 6.26 Å². The van der Waals surface area contributed by atoms with Gasteiger partial charge in [-0.1, -0.05) is 0 Å². The molecule has 0 aromatic rings. The van der Waals surface area contributed by atoms with Crippen LogP contribution in [0.1, 0.15) is 12.8 Å². The highest BCUT2D eigenvalue weighted by atomic mass is 32.2. The Bertz CT molecular complexity index is 91.1. The number of allylic oxidation sites excluding steroid dienone is 1. The first-order chi connectivity index (χ1) is 4.31. The Balaban J connectivity index is 3.07. The molecule has 2 N–H and O–H groups in total. The van der Waals surface area contributed by atoms with Crippen LogP contribution in [0.3, 0.4) is 0 Å². The maximum Gasteiger partial charge on any atom is 0.126 e. The molecule has 0 rings (SSSR count). The van der Waals surface area contributed by atoms with Gasteiger partial charge in [0, 0.05) is 6.42 Å². The molecule has 0 spiro atoms. The highest BCUT2D eigenvalue weighted by molar-refractivity contribution is 7.98. The summed E-state index contributed by atoms with van der Waals surface area (Å²) in [4.78, 5) is 0. The summed E-state index contributed by atoms with van der Waals surface area (Å²) in [5.41, 5.74) is 0. The van der Waals surface area contributed by atoms with Crippen molar-refractivity contribution >= 4 is 11.8 Å². The second kappa shape index (κ2) is 5.82. The van der Waals surface area contributed by atoms with E-state index < -0.39 is 0 Å². The first kappa shape index (κ1) is 8.69. The molecule has 54 valence electrons. The summed E-state index contributed by atoms with van der Waals surface area (Å²) in [6, 6.07) is 0. The highest BCUT2D eigenvalue weighted by Gasteiger charge is 1.90. The SMILES string of the molecule is CSCCC/C(O)=C/O. The third kappa shape index (κ3) is 5.56. The zero-order chi connectivity index (χ0) is 7.11. The molecule has 0 aromatic carbocycles. The lowest BCUT2D eigenvalue weighted by Gasteiger charge is -1.94. The van der Waals surface area contributed by atoms with Crippen LogP contribution in [0.5, 0.6) is 0 Å². The van der Waals surface area contributed by atoms with Crippen molar-refractivity contribution in [3.63, 3.8) is 0 Å². The Morgan fingerprint density at radius 1 is 1.67 bits per heavy atom. The average Bonchev–Trinajstić information content (AvgIpc) is 1.89. The van der Waals surface area contributed by atoms with Crippen LogP contribution in [0, 0.1) is 0 Å². The molecule has 0 saturated heterocycles. The van der Waals surface area contributed by atoms with E-state index in [2.05, 4.69) is 0 Å². The van der Waals surface area contributed by atoms with Gasteiger partial charge in [0.1, 0.15) is 12.0 Å². The van der Waals surface area contributed by atoms with Gasteiger partial charge >= 0.3 is 0 Å². The summed E-state index contributed by atoms with van der Waals surface area (Å²) in [5.74, 6) is 1.10. The van der Waals surface area contributed by atoms with E-state index in [4.69, 9.17) is 10.2 Å². The summed E-state index contributed by atoms with van der Waals surface area (Å²) >= 11 is 1.73. The van der Waals surface area contributed by atoms with Gasteiger partial charge in [0.15, 0.2) is 0 Å². The Labute approximate surface area is 59.6 Å². The van der Waals surface area contributed by atoms with Crippen LogP contribution in [-0.2, 0) is 0 Å². The molecule has 0 atom stereocenters. The second-order valence-corrected chi connectivity index (χ2v) is 2.70. The third-order valence-corrected chi connectivity index (χ3v) is 1.63. The molecule has 0 aliphatic rings. The van der Waals surface area contributed by atoms with Crippen molar-refractivity contribution < 1.29 is 10.2 Å². The summed E-state index contributed by atoms with van der Waals surface area (Å²) in [6.07, 6.45) is 4.27. The molecule has 0 saturated carbocycles. The number of rotatable bonds is 4. The van der Waals surface area contributed by atoms with E-state index in [0.29, 0.717) is 6.42 Å². The molecule has 9 heavy (non-hydrogen) atoms. The fourth-order valence-electron chi connectivity index (χ4n) is 0.462. The van der Waals surface area contributed by atoms with Crippen LogP contribution >= 0.6 is 11.8 Å². The van der Waals surface area contributed by atoms with Crippen molar-refractivity contribution in [2.45, 2.75) is 12.8 Å². The van der Waals surface area contributed by atoms with Gasteiger partial charge < -0.3 is 10.2 Å². The van der Waals surface area contributed by atoms with Crippen molar-refractivity contribution in [1.82, 2.24) is 0 Å². The fraction of sp³-hybridized carbons (Fsp3) is 0.667. The van der Waals surface area contributed by atoms with E-state index in [-0.39, 0.29) is 5.76 Å². The number of hydrogen-bond acceptors (Lipinski definition) is 3. The van der Waals surface area contributed by atoms with E-state index in [1.54, 1.807) is 11.8 Å². The minimum Gasteiger partial charge on any atom is -0.512 e. The molecular formula is C6H12O2S.